The van der Waals surface area contributed by atoms with Crippen LogP contribution in [0.3, 0.4) is 0 Å². The minimum absolute atomic E-state index is 0.194. The zero-order valence-corrected chi connectivity index (χ0v) is 24.2. The molecule has 0 spiro atoms. The maximum absolute atomic E-state index is 14.0. The Hall–Kier alpha value is -4.97. The van der Waals surface area contributed by atoms with E-state index in [1.54, 1.807) is 55.4 Å². The minimum atomic E-state index is -0.316. The number of pyridine rings is 1. The summed E-state index contributed by atoms with van der Waals surface area (Å²) in [5.41, 5.74) is 4.11. The Morgan fingerprint density at radius 2 is 1.83 bits per heavy atom. The highest BCUT2D eigenvalue weighted by Gasteiger charge is 2.40. The molecule has 0 radical (unpaired) electrons. The van der Waals surface area contributed by atoms with Crippen LogP contribution in [0.1, 0.15) is 22.8 Å². The van der Waals surface area contributed by atoms with Crippen LogP contribution >= 0.6 is 0 Å². The Balaban J connectivity index is 1.51. The topological polar surface area (TPSA) is 124 Å². The SMILES string of the molecule is CCc1c(-c2ccc(-n3c(OC)nn(C)c3=O)cc2)ccnc1N1C[C@H](COC)N(c2cccc(C(=O)NC)c2)C1=O. The van der Waals surface area contributed by atoms with Gasteiger partial charge in [0.2, 0.25) is 0 Å². The number of urea groups is 1. The normalized spacial score (nSPS) is 14.9. The summed E-state index contributed by atoms with van der Waals surface area (Å²) < 4.78 is 13.4. The lowest BCUT2D eigenvalue weighted by Gasteiger charge is -2.23. The lowest BCUT2D eigenvalue weighted by molar-refractivity contribution is 0.0963. The zero-order chi connectivity index (χ0) is 30.0. The van der Waals surface area contributed by atoms with Gasteiger partial charge >= 0.3 is 17.7 Å². The molecule has 4 aromatic rings. The fourth-order valence-electron chi connectivity index (χ4n) is 5.33. The van der Waals surface area contributed by atoms with Crippen molar-refractivity contribution in [1.82, 2.24) is 24.6 Å². The second kappa shape index (κ2) is 11.9. The van der Waals surface area contributed by atoms with E-state index in [1.807, 2.05) is 43.3 Å². The summed E-state index contributed by atoms with van der Waals surface area (Å²) in [6.45, 7) is 2.70. The molecular weight excluding hydrogens is 538 g/mol. The van der Waals surface area contributed by atoms with E-state index >= 15 is 0 Å². The molecule has 5 rings (SSSR count). The molecule has 218 valence electrons. The molecule has 1 N–H and O–H groups in total. The van der Waals surface area contributed by atoms with Crippen molar-refractivity contribution in [2.75, 3.05) is 44.2 Å². The second-order valence-corrected chi connectivity index (χ2v) is 9.79. The van der Waals surface area contributed by atoms with Crippen LogP contribution in [0.4, 0.5) is 16.3 Å². The summed E-state index contributed by atoms with van der Waals surface area (Å²) in [6, 6.07) is 16.1. The predicted octanol–water partition coefficient (Wildman–Crippen LogP) is 3.03. The molecule has 1 aliphatic rings. The molecule has 0 bridgehead atoms. The van der Waals surface area contributed by atoms with Crippen LogP contribution in [-0.2, 0) is 18.2 Å². The van der Waals surface area contributed by atoms with Crippen molar-refractivity contribution in [2.45, 2.75) is 19.4 Å². The van der Waals surface area contributed by atoms with Gasteiger partial charge in [0.1, 0.15) is 5.82 Å². The number of rotatable bonds is 9. The number of nitrogens with zero attached hydrogens (tertiary/aromatic N) is 6. The highest BCUT2D eigenvalue weighted by molar-refractivity contribution is 6.08. The van der Waals surface area contributed by atoms with Crippen LogP contribution in [0.25, 0.3) is 16.8 Å². The van der Waals surface area contributed by atoms with Gasteiger partial charge in [-0.2, -0.15) is 0 Å². The largest absolute Gasteiger partial charge is 0.467 e. The summed E-state index contributed by atoms with van der Waals surface area (Å²) in [7, 11) is 6.20. The van der Waals surface area contributed by atoms with Crippen molar-refractivity contribution in [2.24, 2.45) is 7.05 Å². The van der Waals surface area contributed by atoms with Crippen LogP contribution in [-0.4, -0.2) is 71.7 Å². The summed E-state index contributed by atoms with van der Waals surface area (Å²) in [5, 5.41) is 6.73. The van der Waals surface area contributed by atoms with Crippen molar-refractivity contribution in [3.05, 3.63) is 82.4 Å². The smallest absolute Gasteiger partial charge is 0.353 e. The molecule has 2 aromatic carbocycles. The number of amides is 3. The number of hydrogen-bond donors (Lipinski definition) is 1. The van der Waals surface area contributed by atoms with E-state index in [0.717, 1.165) is 16.7 Å². The first-order valence-corrected chi connectivity index (χ1v) is 13.5. The first-order chi connectivity index (χ1) is 20.3. The average Bonchev–Trinajstić information content (AvgIpc) is 3.50. The number of benzene rings is 2. The van der Waals surface area contributed by atoms with E-state index in [4.69, 9.17) is 9.47 Å². The zero-order valence-electron chi connectivity index (χ0n) is 24.2. The molecule has 42 heavy (non-hydrogen) atoms. The van der Waals surface area contributed by atoms with Gasteiger partial charge in [-0.15, -0.1) is 5.10 Å². The third kappa shape index (κ3) is 5.00. The number of aromatic nitrogens is 4. The third-order valence-corrected chi connectivity index (χ3v) is 7.32. The molecule has 12 heteroatoms. The average molecular weight is 572 g/mol. The highest BCUT2D eigenvalue weighted by Crippen LogP contribution is 2.35. The van der Waals surface area contributed by atoms with E-state index < -0.39 is 0 Å². The van der Waals surface area contributed by atoms with E-state index in [-0.39, 0.29) is 29.7 Å². The number of carbonyl (C=O) groups excluding carboxylic acids is 2. The summed E-state index contributed by atoms with van der Waals surface area (Å²) >= 11 is 0. The number of hydrogen-bond acceptors (Lipinski definition) is 7. The molecule has 12 nitrogen and oxygen atoms in total. The third-order valence-electron chi connectivity index (χ3n) is 7.32. The first kappa shape index (κ1) is 28.6. The monoisotopic (exact) mass is 571 g/mol. The lowest BCUT2D eigenvalue weighted by atomic mass is 9.98. The quantitative estimate of drug-likeness (QED) is 0.328. The van der Waals surface area contributed by atoms with Crippen LogP contribution < -0.4 is 25.5 Å². The molecule has 3 heterocycles. The Bertz CT molecular complexity index is 1680. The number of ether oxygens (including phenoxy) is 2. The first-order valence-electron chi connectivity index (χ1n) is 13.5. The maximum Gasteiger partial charge on any atom is 0.353 e. The standard InChI is InChI=1S/C30H33N7O5/c1-6-24-25(19-10-12-21(13-11-19)37-28(42-5)33-34(3)29(37)39)14-15-32-26(24)35-17-23(18-41-4)36(30(35)40)22-9-7-8-20(16-22)27(38)31-2/h7-16,23H,6,17-18H2,1-5H3,(H,31,38)/t23-/m1/s1. The van der Waals surface area contributed by atoms with Gasteiger partial charge in [-0.05, 0) is 53.9 Å². The molecule has 1 atom stereocenters. The van der Waals surface area contributed by atoms with Gasteiger partial charge in [-0.25, -0.2) is 23.8 Å². The Labute approximate surface area is 243 Å². The van der Waals surface area contributed by atoms with Gasteiger partial charge in [0.15, 0.2) is 0 Å². The van der Waals surface area contributed by atoms with Crippen LogP contribution in [0, 0.1) is 0 Å². The number of methoxy groups -OCH3 is 2. The fourth-order valence-corrected chi connectivity index (χ4v) is 5.33. The Morgan fingerprint density at radius 1 is 1.07 bits per heavy atom. The fraction of sp³-hybridized carbons (Fsp3) is 0.300. The summed E-state index contributed by atoms with van der Waals surface area (Å²) in [4.78, 5) is 46.8. The molecule has 1 saturated heterocycles. The molecule has 1 fully saturated rings. The van der Waals surface area contributed by atoms with Gasteiger partial charge in [0, 0.05) is 44.2 Å². The molecule has 1 aliphatic heterocycles. The van der Waals surface area contributed by atoms with E-state index in [2.05, 4.69) is 15.4 Å². The Morgan fingerprint density at radius 3 is 2.50 bits per heavy atom. The molecule has 0 aliphatic carbocycles. The molecule has 0 unspecified atom stereocenters. The van der Waals surface area contributed by atoms with Crippen molar-refractivity contribution in [1.29, 1.82) is 0 Å². The number of anilines is 2. The van der Waals surface area contributed by atoms with E-state index in [0.29, 0.717) is 42.3 Å². The number of aryl methyl sites for hydroxylation is 1. The minimum Gasteiger partial charge on any atom is -0.467 e. The van der Waals surface area contributed by atoms with E-state index in [1.165, 1.54) is 16.4 Å². The van der Waals surface area contributed by atoms with E-state index in [9.17, 15) is 14.4 Å². The number of nitrogens with one attached hydrogen (secondary N) is 1. The highest BCUT2D eigenvalue weighted by atomic mass is 16.5. The molecular formula is C30H33N7O5. The van der Waals surface area contributed by atoms with Crippen molar-refractivity contribution in [3.8, 4) is 22.8 Å². The molecule has 3 amide bonds. The lowest BCUT2D eigenvalue weighted by Crippen LogP contribution is -2.37. The Kier molecular flexibility index (Phi) is 8.07. The predicted molar refractivity (Wildman–Crippen MR) is 159 cm³/mol. The van der Waals surface area contributed by atoms with Gasteiger partial charge in [0.05, 0.1) is 32.0 Å². The van der Waals surface area contributed by atoms with Gasteiger partial charge in [0.25, 0.3) is 5.91 Å². The molecule has 0 saturated carbocycles. The summed E-state index contributed by atoms with van der Waals surface area (Å²) in [6.07, 6.45) is 2.32. The van der Waals surface area contributed by atoms with Crippen LogP contribution in [0.5, 0.6) is 6.01 Å². The summed E-state index contributed by atoms with van der Waals surface area (Å²) in [5.74, 6) is 0.337. The van der Waals surface area contributed by atoms with Gasteiger partial charge in [-0.1, -0.05) is 25.1 Å². The van der Waals surface area contributed by atoms with Gasteiger partial charge < -0.3 is 14.8 Å². The second-order valence-electron chi connectivity index (χ2n) is 9.79. The maximum atomic E-state index is 14.0. The van der Waals surface area contributed by atoms with Crippen LogP contribution in [0.2, 0.25) is 0 Å². The van der Waals surface area contributed by atoms with Crippen molar-refractivity contribution >= 4 is 23.4 Å². The number of carbonyl (C=O) groups is 2. The van der Waals surface area contributed by atoms with Gasteiger partial charge in [-0.3, -0.25) is 14.6 Å². The van der Waals surface area contributed by atoms with Crippen LogP contribution in [0.15, 0.2) is 65.6 Å². The molecule has 2 aromatic heterocycles. The van der Waals surface area contributed by atoms with Crippen molar-refractivity contribution in [3.63, 3.8) is 0 Å². The van der Waals surface area contributed by atoms with Crippen molar-refractivity contribution < 1.29 is 19.1 Å².